The molecule has 0 bridgehead atoms. The zero-order chi connectivity index (χ0) is 17.8. The van der Waals surface area contributed by atoms with E-state index in [1.54, 1.807) is 0 Å². The molecule has 0 radical (unpaired) electrons. The van der Waals surface area contributed by atoms with Gasteiger partial charge in [-0.2, -0.15) is 5.10 Å². The number of anilines is 1. The van der Waals surface area contributed by atoms with E-state index in [9.17, 15) is 4.79 Å². The number of benzene rings is 2. The normalized spacial score (nSPS) is 14.6. The Labute approximate surface area is 148 Å². The van der Waals surface area contributed by atoms with Crippen LogP contribution in [0.4, 0.5) is 5.69 Å². The van der Waals surface area contributed by atoms with Crippen molar-refractivity contribution in [1.29, 1.82) is 0 Å². The van der Waals surface area contributed by atoms with Gasteiger partial charge in [0.2, 0.25) is 0 Å². The van der Waals surface area contributed by atoms with Gasteiger partial charge in [-0.1, -0.05) is 29.8 Å². The predicted octanol–water partition coefficient (Wildman–Crippen LogP) is 3.33. The van der Waals surface area contributed by atoms with E-state index < -0.39 is 0 Å². The number of hydrazone groups is 1. The average Bonchev–Trinajstić information content (AvgIpc) is 2.59. The van der Waals surface area contributed by atoms with E-state index in [2.05, 4.69) is 34.9 Å². The Morgan fingerprint density at radius 2 is 1.88 bits per heavy atom. The molecule has 0 fully saturated rings. The molecule has 0 saturated carbocycles. The Morgan fingerprint density at radius 1 is 1.16 bits per heavy atom. The van der Waals surface area contributed by atoms with Crippen molar-refractivity contribution in [3.8, 4) is 5.75 Å². The van der Waals surface area contributed by atoms with E-state index in [1.165, 1.54) is 5.56 Å². The summed E-state index contributed by atoms with van der Waals surface area (Å²) in [7, 11) is 0. The Hall–Kier alpha value is -2.82. The molecule has 3 rings (SSSR count). The fraction of sp³-hybridized carbons (Fsp3) is 0.300. The summed E-state index contributed by atoms with van der Waals surface area (Å²) in [5, 5.41) is 7.50. The van der Waals surface area contributed by atoms with Gasteiger partial charge in [0.05, 0.1) is 18.9 Å². The molecule has 2 aromatic rings. The molecule has 0 spiro atoms. The molecular weight excluding hydrogens is 314 g/mol. The maximum absolute atomic E-state index is 12.1. The third kappa shape index (κ3) is 3.99. The molecule has 1 aliphatic rings. The molecule has 0 aromatic heterocycles. The summed E-state index contributed by atoms with van der Waals surface area (Å²) in [5.41, 5.74) is 8.92. The van der Waals surface area contributed by atoms with Crippen LogP contribution in [0.2, 0.25) is 0 Å². The Morgan fingerprint density at radius 3 is 2.64 bits per heavy atom. The summed E-state index contributed by atoms with van der Waals surface area (Å²) in [6, 6.07) is 11.9. The van der Waals surface area contributed by atoms with Crippen molar-refractivity contribution in [3.05, 3.63) is 58.7 Å². The van der Waals surface area contributed by atoms with Crippen molar-refractivity contribution in [2.24, 2.45) is 5.10 Å². The van der Waals surface area contributed by atoms with Gasteiger partial charge in [-0.3, -0.25) is 4.79 Å². The van der Waals surface area contributed by atoms with E-state index in [-0.39, 0.29) is 12.5 Å². The first-order valence-electron chi connectivity index (χ1n) is 8.44. The maximum atomic E-state index is 12.1. The van der Waals surface area contributed by atoms with Gasteiger partial charge >= 0.3 is 0 Å². The number of rotatable bonds is 4. The van der Waals surface area contributed by atoms with Crippen molar-refractivity contribution in [2.75, 3.05) is 18.5 Å². The van der Waals surface area contributed by atoms with E-state index in [4.69, 9.17) is 4.74 Å². The summed E-state index contributed by atoms with van der Waals surface area (Å²) >= 11 is 0. The zero-order valence-corrected chi connectivity index (χ0v) is 14.8. The van der Waals surface area contributed by atoms with Gasteiger partial charge in [0, 0.05) is 17.7 Å². The fourth-order valence-corrected chi connectivity index (χ4v) is 3.14. The maximum Gasteiger partial charge on any atom is 0.259 e. The second-order valence-corrected chi connectivity index (χ2v) is 6.32. The van der Waals surface area contributed by atoms with E-state index in [0.29, 0.717) is 13.0 Å². The quantitative estimate of drug-likeness (QED) is 0.841. The Balaban J connectivity index is 1.63. The number of aryl methyl sites for hydroxylation is 3. The molecule has 0 unspecified atom stereocenters. The van der Waals surface area contributed by atoms with Gasteiger partial charge in [-0.05, 0) is 44.0 Å². The highest BCUT2D eigenvalue weighted by Gasteiger charge is 2.16. The van der Waals surface area contributed by atoms with Gasteiger partial charge in [0.25, 0.3) is 5.91 Å². The summed E-state index contributed by atoms with van der Waals surface area (Å²) in [6.45, 7) is 6.91. The van der Waals surface area contributed by atoms with Crippen LogP contribution in [0.1, 0.15) is 28.7 Å². The topological polar surface area (TPSA) is 62.7 Å². The fourth-order valence-electron chi connectivity index (χ4n) is 3.14. The minimum atomic E-state index is -0.171. The molecule has 25 heavy (non-hydrogen) atoms. The van der Waals surface area contributed by atoms with Crippen LogP contribution in [0.5, 0.6) is 5.75 Å². The molecule has 0 atom stereocenters. The monoisotopic (exact) mass is 337 g/mol. The number of nitrogens with one attached hydrogen (secondary N) is 2. The van der Waals surface area contributed by atoms with Crippen LogP contribution in [0, 0.1) is 20.8 Å². The number of fused-ring (bicyclic) bond motifs is 1. The Kier molecular flexibility index (Phi) is 5.03. The smallest absolute Gasteiger partial charge is 0.259 e. The van der Waals surface area contributed by atoms with E-state index >= 15 is 0 Å². The standard InChI is InChI=1S/C20H23N3O2/c1-13-10-14(2)20(15(3)11-13)21-12-19(24)23-22-17-8-9-25-18-7-5-4-6-16(17)18/h4-7,10-11,21H,8-9,12H2,1-3H3,(H,23,24)/b22-17-. The second kappa shape index (κ2) is 7.38. The van der Waals surface area contributed by atoms with Gasteiger partial charge in [-0.25, -0.2) is 5.43 Å². The van der Waals surface area contributed by atoms with E-state index in [0.717, 1.165) is 33.8 Å². The van der Waals surface area contributed by atoms with Crippen LogP contribution in [0.3, 0.4) is 0 Å². The van der Waals surface area contributed by atoms with Crippen molar-refractivity contribution in [1.82, 2.24) is 5.43 Å². The first kappa shape index (κ1) is 17.0. The number of amides is 1. The lowest BCUT2D eigenvalue weighted by atomic mass is 10.0. The number of carbonyl (C=O) groups is 1. The first-order chi connectivity index (χ1) is 12.0. The van der Waals surface area contributed by atoms with Gasteiger partial charge < -0.3 is 10.1 Å². The molecule has 1 amide bonds. The summed E-state index contributed by atoms with van der Waals surface area (Å²) < 4.78 is 5.60. The molecule has 0 aliphatic carbocycles. The lowest BCUT2D eigenvalue weighted by molar-refractivity contribution is -0.119. The van der Waals surface area contributed by atoms with Crippen LogP contribution in [-0.4, -0.2) is 24.8 Å². The third-order valence-corrected chi connectivity index (χ3v) is 4.21. The molecule has 1 heterocycles. The SMILES string of the molecule is Cc1cc(C)c(NCC(=O)N/N=C2/CCOc3ccccc32)c(C)c1. The molecule has 5 heteroatoms. The summed E-state index contributed by atoms with van der Waals surface area (Å²) in [5.74, 6) is 0.640. The van der Waals surface area contributed by atoms with Crippen LogP contribution in [0.25, 0.3) is 0 Å². The first-order valence-corrected chi connectivity index (χ1v) is 8.44. The molecular formula is C20H23N3O2. The van der Waals surface area contributed by atoms with Gasteiger partial charge in [0.15, 0.2) is 0 Å². The zero-order valence-electron chi connectivity index (χ0n) is 14.8. The number of ether oxygens (including phenoxy) is 1. The van der Waals surface area contributed by atoms with Crippen molar-refractivity contribution >= 4 is 17.3 Å². The highest BCUT2D eigenvalue weighted by Crippen LogP contribution is 2.24. The van der Waals surface area contributed by atoms with Gasteiger partial charge in [0.1, 0.15) is 5.75 Å². The number of nitrogens with zero attached hydrogens (tertiary/aromatic N) is 1. The number of para-hydroxylation sites is 1. The minimum absolute atomic E-state index is 0.171. The van der Waals surface area contributed by atoms with Crippen LogP contribution < -0.4 is 15.5 Å². The van der Waals surface area contributed by atoms with Crippen molar-refractivity contribution < 1.29 is 9.53 Å². The van der Waals surface area contributed by atoms with Crippen molar-refractivity contribution in [2.45, 2.75) is 27.2 Å². The molecule has 0 saturated heterocycles. The highest BCUT2D eigenvalue weighted by molar-refractivity contribution is 6.04. The number of carbonyl (C=O) groups excluding carboxylic acids is 1. The summed E-state index contributed by atoms with van der Waals surface area (Å²) in [4.78, 5) is 12.1. The van der Waals surface area contributed by atoms with Crippen LogP contribution in [-0.2, 0) is 4.79 Å². The van der Waals surface area contributed by atoms with Crippen LogP contribution in [0.15, 0.2) is 41.5 Å². The second-order valence-electron chi connectivity index (χ2n) is 6.32. The highest BCUT2D eigenvalue weighted by atomic mass is 16.5. The lowest BCUT2D eigenvalue weighted by Crippen LogP contribution is -2.28. The molecule has 1 aliphatic heterocycles. The number of hydrogen-bond acceptors (Lipinski definition) is 4. The average molecular weight is 337 g/mol. The van der Waals surface area contributed by atoms with E-state index in [1.807, 2.05) is 38.1 Å². The minimum Gasteiger partial charge on any atom is -0.492 e. The molecule has 5 nitrogen and oxygen atoms in total. The Bertz CT molecular complexity index is 804. The molecule has 130 valence electrons. The lowest BCUT2D eigenvalue weighted by Gasteiger charge is -2.18. The van der Waals surface area contributed by atoms with Crippen LogP contribution >= 0.6 is 0 Å². The van der Waals surface area contributed by atoms with Gasteiger partial charge in [-0.15, -0.1) is 0 Å². The molecule has 2 aromatic carbocycles. The number of hydrogen-bond donors (Lipinski definition) is 2. The predicted molar refractivity (Wildman–Crippen MR) is 100 cm³/mol. The molecule has 2 N–H and O–H groups in total. The van der Waals surface area contributed by atoms with Crippen molar-refractivity contribution in [3.63, 3.8) is 0 Å². The third-order valence-electron chi connectivity index (χ3n) is 4.21. The summed E-state index contributed by atoms with van der Waals surface area (Å²) in [6.07, 6.45) is 0.681. The largest absolute Gasteiger partial charge is 0.492 e.